The van der Waals surface area contributed by atoms with Crippen molar-refractivity contribution in [3.63, 3.8) is 0 Å². The van der Waals surface area contributed by atoms with Gasteiger partial charge in [0.2, 0.25) is 0 Å². The SMILES string of the molecule is O=S1(=O)CCC(C2(CBr)CC3CC3C2)C1. The molecule has 3 fully saturated rings. The Bertz CT molecular complexity index is 366. The van der Waals surface area contributed by atoms with Gasteiger partial charge in [0.15, 0.2) is 9.84 Å². The van der Waals surface area contributed by atoms with Crippen LogP contribution in [-0.4, -0.2) is 25.3 Å². The number of rotatable bonds is 2. The van der Waals surface area contributed by atoms with E-state index in [1.54, 1.807) is 0 Å². The van der Waals surface area contributed by atoms with Gasteiger partial charge in [-0.25, -0.2) is 8.42 Å². The van der Waals surface area contributed by atoms with Gasteiger partial charge < -0.3 is 0 Å². The van der Waals surface area contributed by atoms with Crippen molar-refractivity contribution >= 4 is 25.8 Å². The van der Waals surface area contributed by atoms with Crippen LogP contribution in [0.25, 0.3) is 0 Å². The van der Waals surface area contributed by atoms with E-state index in [9.17, 15) is 8.42 Å². The summed E-state index contributed by atoms with van der Waals surface area (Å²) in [5.41, 5.74) is 0.331. The maximum atomic E-state index is 11.5. The molecule has 1 heterocycles. The fraction of sp³-hybridized carbons (Fsp3) is 1.00. The molecule has 3 aliphatic rings. The second kappa shape index (κ2) is 3.22. The molecule has 2 aliphatic carbocycles. The van der Waals surface area contributed by atoms with Crippen molar-refractivity contribution in [2.24, 2.45) is 23.2 Å². The van der Waals surface area contributed by atoms with Crippen molar-refractivity contribution in [2.75, 3.05) is 16.8 Å². The smallest absolute Gasteiger partial charge is 0.150 e. The van der Waals surface area contributed by atoms with Gasteiger partial charge in [0.25, 0.3) is 0 Å². The predicted octanol–water partition coefficient (Wildman–Crippen LogP) is 2.23. The maximum Gasteiger partial charge on any atom is 0.150 e. The first kappa shape index (κ1) is 10.6. The summed E-state index contributed by atoms with van der Waals surface area (Å²) in [7, 11) is -2.70. The van der Waals surface area contributed by atoms with Crippen LogP contribution in [0.4, 0.5) is 0 Å². The highest BCUT2D eigenvalue weighted by Crippen LogP contribution is 2.64. The third-order valence-electron chi connectivity index (χ3n) is 4.77. The zero-order valence-electron chi connectivity index (χ0n) is 8.78. The Hall–Kier alpha value is 0.430. The van der Waals surface area contributed by atoms with Crippen LogP contribution >= 0.6 is 15.9 Å². The molecule has 0 aromatic rings. The molecule has 15 heavy (non-hydrogen) atoms. The molecule has 0 bridgehead atoms. The van der Waals surface area contributed by atoms with Crippen molar-refractivity contribution < 1.29 is 8.42 Å². The van der Waals surface area contributed by atoms with Crippen molar-refractivity contribution in [3.8, 4) is 0 Å². The molecular weight excluding hydrogens is 276 g/mol. The van der Waals surface area contributed by atoms with Gasteiger partial charge in [-0.15, -0.1) is 0 Å². The van der Waals surface area contributed by atoms with E-state index < -0.39 is 9.84 Å². The molecule has 1 saturated heterocycles. The predicted molar refractivity (Wildman–Crippen MR) is 63.8 cm³/mol. The number of halogens is 1. The zero-order valence-corrected chi connectivity index (χ0v) is 11.2. The molecule has 1 aliphatic heterocycles. The summed E-state index contributed by atoms with van der Waals surface area (Å²) in [6.45, 7) is 0. The molecule has 86 valence electrons. The highest BCUT2D eigenvalue weighted by atomic mass is 79.9. The Morgan fingerprint density at radius 1 is 1.27 bits per heavy atom. The van der Waals surface area contributed by atoms with E-state index in [4.69, 9.17) is 0 Å². The van der Waals surface area contributed by atoms with Crippen LogP contribution in [0.2, 0.25) is 0 Å². The largest absolute Gasteiger partial charge is 0.229 e. The molecule has 0 radical (unpaired) electrons. The highest BCUT2D eigenvalue weighted by molar-refractivity contribution is 9.09. The van der Waals surface area contributed by atoms with Gasteiger partial charge in [0.1, 0.15) is 0 Å². The van der Waals surface area contributed by atoms with Crippen LogP contribution in [0.15, 0.2) is 0 Å². The van der Waals surface area contributed by atoms with E-state index in [1.807, 2.05) is 0 Å². The Kier molecular flexibility index (Phi) is 2.27. The van der Waals surface area contributed by atoms with Crippen molar-refractivity contribution in [1.82, 2.24) is 0 Å². The van der Waals surface area contributed by atoms with Crippen LogP contribution < -0.4 is 0 Å². The highest BCUT2D eigenvalue weighted by Gasteiger charge is 2.57. The van der Waals surface area contributed by atoms with Crippen LogP contribution in [0.3, 0.4) is 0 Å². The number of hydrogen-bond donors (Lipinski definition) is 0. The lowest BCUT2D eigenvalue weighted by Crippen LogP contribution is -2.32. The van der Waals surface area contributed by atoms with E-state index in [1.165, 1.54) is 19.3 Å². The summed E-state index contributed by atoms with van der Waals surface area (Å²) in [6, 6.07) is 0. The van der Waals surface area contributed by atoms with Crippen molar-refractivity contribution in [1.29, 1.82) is 0 Å². The average Bonchev–Trinajstić information content (AvgIpc) is 2.63. The van der Waals surface area contributed by atoms with Gasteiger partial charge >= 0.3 is 0 Å². The molecule has 0 N–H and O–H groups in total. The Labute approximate surface area is 99.9 Å². The second-order valence-electron chi connectivity index (χ2n) is 5.76. The fourth-order valence-corrected chi connectivity index (χ4v) is 6.63. The van der Waals surface area contributed by atoms with Gasteiger partial charge in [0, 0.05) is 5.33 Å². The molecule has 3 unspecified atom stereocenters. The maximum absolute atomic E-state index is 11.5. The summed E-state index contributed by atoms with van der Waals surface area (Å²) >= 11 is 3.63. The Balaban J connectivity index is 1.80. The van der Waals surface area contributed by atoms with E-state index in [2.05, 4.69) is 15.9 Å². The number of alkyl halides is 1. The molecule has 0 aromatic carbocycles. The van der Waals surface area contributed by atoms with Gasteiger partial charge in [0.05, 0.1) is 11.5 Å². The molecule has 3 rings (SSSR count). The summed E-state index contributed by atoms with van der Waals surface area (Å²) in [5, 5.41) is 1.01. The molecule has 2 saturated carbocycles. The van der Waals surface area contributed by atoms with Crippen LogP contribution in [0.1, 0.15) is 25.7 Å². The third kappa shape index (κ3) is 1.68. The third-order valence-corrected chi connectivity index (χ3v) is 7.66. The van der Waals surface area contributed by atoms with Gasteiger partial charge in [-0.2, -0.15) is 0 Å². The molecule has 3 atom stereocenters. The first-order valence-electron chi connectivity index (χ1n) is 5.81. The summed E-state index contributed by atoms with van der Waals surface area (Å²) in [6.07, 6.45) is 4.88. The molecule has 2 nitrogen and oxygen atoms in total. The molecule has 0 amide bonds. The zero-order chi connectivity index (χ0) is 10.7. The van der Waals surface area contributed by atoms with Gasteiger partial charge in [-0.05, 0) is 48.9 Å². The minimum Gasteiger partial charge on any atom is -0.229 e. The Morgan fingerprint density at radius 3 is 2.40 bits per heavy atom. The summed E-state index contributed by atoms with van der Waals surface area (Å²) < 4.78 is 23.1. The van der Waals surface area contributed by atoms with Crippen LogP contribution in [0.5, 0.6) is 0 Å². The minimum absolute atomic E-state index is 0.331. The normalized spacial score (nSPS) is 51.7. The van der Waals surface area contributed by atoms with Gasteiger partial charge in [-0.1, -0.05) is 15.9 Å². The first-order valence-corrected chi connectivity index (χ1v) is 8.75. The fourth-order valence-electron chi connectivity index (χ4n) is 3.77. The van der Waals surface area contributed by atoms with Crippen molar-refractivity contribution in [2.45, 2.75) is 25.7 Å². The second-order valence-corrected chi connectivity index (χ2v) is 8.55. The summed E-state index contributed by atoms with van der Waals surface area (Å²) in [4.78, 5) is 0. The number of sulfone groups is 1. The lowest BCUT2D eigenvalue weighted by molar-refractivity contribution is 0.200. The van der Waals surface area contributed by atoms with E-state index >= 15 is 0 Å². The topological polar surface area (TPSA) is 34.1 Å². The molecule has 0 aromatic heterocycles. The van der Waals surface area contributed by atoms with E-state index in [-0.39, 0.29) is 0 Å². The van der Waals surface area contributed by atoms with Crippen LogP contribution in [0, 0.1) is 23.2 Å². The van der Waals surface area contributed by atoms with E-state index in [0.29, 0.717) is 22.8 Å². The van der Waals surface area contributed by atoms with Gasteiger partial charge in [-0.3, -0.25) is 0 Å². The number of hydrogen-bond acceptors (Lipinski definition) is 2. The molecule has 4 heteroatoms. The van der Waals surface area contributed by atoms with E-state index in [0.717, 1.165) is 23.6 Å². The molecular formula is C11H17BrO2S. The van der Waals surface area contributed by atoms with Crippen molar-refractivity contribution in [3.05, 3.63) is 0 Å². The van der Waals surface area contributed by atoms with Crippen LogP contribution in [-0.2, 0) is 9.84 Å². The monoisotopic (exact) mass is 292 g/mol. The number of fused-ring (bicyclic) bond motifs is 1. The standard InChI is InChI=1S/C11H17BrO2S/c12-7-11(4-8-3-9(8)5-11)10-1-2-15(13,14)6-10/h8-10H,1-7H2. The minimum atomic E-state index is -2.70. The first-order chi connectivity index (χ1) is 7.05. The Morgan fingerprint density at radius 2 is 1.93 bits per heavy atom. The average molecular weight is 293 g/mol. The lowest BCUT2D eigenvalue weighted by atomic mass is 9.73. The lowest BCUT2D eigenvalue weighted by Gasteiger charge is -2.34. The molecule has 0 spiro atoms. The quantitative estimate of drug-likeness (QED) is 0.732. The summed E-state index contributed by atoms with van der Waals surface area (Å²) in [5.74, 6) is 3.20.